The summed E-state index contributed by atoms with van der Waals surface area (Å²) in [5.74, 6) is 2.27. The first-order valence-electron chi connectivity index (χ1n) is 12.6. The Bertz CT molecular complexity index is 1480. The quantitative estimate of drug-likeness (QED) is 0.424. The van der Waals surface area contributed by atoms with Gasteiger partial charge in [0.1, 0.15) is 11.5 Å². The first kappa shape index (κ1) is 22.6. The number of hydrogen-bond donors (Lipinski definition) is 1. The summed E-state index contributed by atoms with van der Waals surface area (Å²) in [4.78, 5) is 22.6. The van der Waals surface area contributed by atoms with Crippen molar-refractivity contribution < 1.29 is 9.47 Å². The SMILES string of the molecule is COc1cccc2c1CC(=CCCN1CCC(n3c(=O)[nH]c4ccccc43)CC1)c1cccnc1O2. The smallest absolute Gasteiger partial charge is 0.326 e. The third-order valence-corrected chi connectivity index (χ3v) is 7.38. The molecule has 0 unspecified atom stereocenters. The van der Waals surface area contributed by atoms with Crippen molar-refractivity contribution in [1.29, 1.82) is 0 Å². The second-order valence-corrected chi connectivity index (χ2v) is 9.48. The summed E-state index contributed by atoms with van der Waals surface area (Å²) >= 11 is 0. The number of ether oxygens (including phenoxy) is 2. The van der Waals surface area contributed by atoms with E-state index in [9.17, 15) is 4.79 Å². The first-order valence-corrected chi connectivity index (χ1v) is 12.6. The van der Waals surface area contributed by atoms with Crippen LogP contribution in [-0.2, 0) is 6.42 Å². The fourth-order valence-corrected chi connectivity index (χ4v) is 5.55. The van der Waals surface area contributed by atoms with Crippen LogP contribution in [0, 0.1) is 0 Å². The Balaban J connectivity index is 1.15. The van der Waals surface area contributed by atoms with E-state index in [1.54, 1.807) is 13.3 Å². The van der Waals surface area contributed by atoms with Gasteiger partial charge in [0.05, 0.1) is 18.1 Å². The molecule has 2 aromatic heterocycles. The number of pyridine rings is 1. The van der Waals surface area contributed by atoms with Gasteiger partial charge in [-0.25, -0.2) is 9.78 Å². The number of allylic oxidation sites excluding steroid dienone is 1. The van der Waals surface area contributed by atoms with Crippen molar-refractivity contribution in [2.24, 2.45) is 0 Å². The van der Waals surface area contributed by atoms with Crippen molar-refractivity contribution >= 4 is 16.6 Å². The molecule has 0 atom stereocenters. The minimum atomic E-state index is -0.00190. The Labute approximate surface area is 210 Å². The highest BCUT2D eigenvalue weighted by molar-refractivity contribution is 5.75. The minimum Gasteiger partial charge on any atom is -0.496 e. The van der Waals surface area contributed by atoms with E-state index in [-0.39, 0.29) is 11.7 Å². The molecule has 1 N–H and O–H groups in total. The molecular formula is C29H30N4O3. The Morgan fingerprint density at radius 2 is 1.97 bits per heavy atom. The van der Waals surface area contributed by atoms with Gasteiger partial charge in [-0.05, 0) is 61.2 Å². The number of nitrogens with zero attached hydrogens (tertiary/aromatic N) is 3. The first-order chi connectivity index (χ1) is 17.7. The number of para-hydroxylation sites is 2. The van der Waals surface area contributed by atoms with E-state index in [4.69, 9.17) is 9.47 Å². The number of piperidine rings is 1. The highest BCUT2D eigenvalue weighted by atomic mass is 16.5. The van der Waals surface area contributed by atoms with Crippen molar-refractivity contribution in [2.45, 2.75) is 31.7 Å². The van der Waals surface area contributed by atoms with E-state index in [1.807, 2.05) is 53.1 Å². The summed E-state index contributed by atoms with van der Waals surface area (Å²) in [6, 6.07) is 18.1. The van der Waals surface area contributed by atoms with Gasteiger partial charge in [-0.1, -0.05) is 24.3 Å². The number of rotatable bonds is 5. The summed E-state index contributed by atoms with van der Waals surface area (Å²) in [6.45, 7) is 2.95. The average Bonchev–Trinajstić information content (AvgIpc) is 3.15. The van der Waals surface area contributed by atoms with E-state index in [2.05, 4.69) is 27.0 Å². The number of fused-ring (bicyclic) bond motifs is 3. The van der Waals surface area contributed by atoms with Crippen LogP contribution in [0.4, 0.5) is 0 Å². The normalized spacial score (nSPS) is 17.4. The van der Waals surface area contributed by atoms with Crippen molar-refractivity contribution in [1.82, 2.24) is 19.4 Å². The second-order valence-electron chi connectivity index (χ2n) is 9.48. The summed E-state index contributed by atoms with van der Waals surface area (Å²) < 4.78 is 13.8. The number of nitrogens with one attached hydrogen (secondary N) is 1. The van der Waals surface area contributed by atoms with Crippen LogP contribution in [0.2, 0.25) is 0 Å². The van der Waals surface area contributed by atoms with E-state index < -0.39 is 0 Å². The summed E-state index contributed by atoms with van der Waals surface area (Å²) in [6.07, 6.45) is 7.72. The predicted octanol–water partition coefficient (Wildman–Crippen LogP) is 5.19. The standard InChI is InChI=1S/C29H30N4O3/c1-35-26-11-4-12-27-23(26)19-20(22-8-5-15-30-28(22)36-27)7-6-16-32-17-13-21(14-18-32)33-25-10-3-2-9-24(25)31-29(33)34/h2-5,7-12,15,21H,6,13-14,16-19H2,1H3,(H,31,34). The molecule has 0 amide bonds. The molecule has 2 aliphatic rings. The minimum absolute atomic E-state index is 0.00190. The van der Waals surface area contributed by atoms with Gasteiger partial charge < -0.3 is 19.4 Å². The average molecular weight is 483 g/mol. The molecule has 2 aromatic carbocycles. The lowest BCUT2D eigenvalue weighted by Crippen LogP contribution is -2.37. The van der Waals surface area contributed by atoms with E-state index in [0.717, 1.165) is 79.0 Å². The van der Waals surface area contributed by atoms with Gasteiger partial charge in [0, 0.05) is 49.4 Å². The van der Waals surface area contributed by atoms with Gasteiger partial charge in [0.25, 0.3) is 0 Å². The number of H-pyrrole nitrogens is 1. The van der Waals surface area contributed by atoms with Gasteiger partial charge in [-0.2, -0.15) is 0 Å². The lowest BCUT2D eigenvalue weighted by Gasteiger charge is -2.32. The van der Waals surface area contributed by atoms with Crippen molar-refractivity contribution in [3.8, 4) is 17.4 Å². The number of methoxy groups -OCH3 is 1. The Kier molecular flexibility index (Phi) is 6.07. The van der Waals surface area contributed by atoms with E-state index >= 15 is 0 Å². The monoisotopic (exact) mass is 482 g/mol. The lowest BCUT2D eigenvalue weighted by atomic mass is 9.97. The molecule has 7 heteroatoms. The van der Waals surface area contributed by atoms with Gasteiger partial charge in [0.2, 0.25) is 5.88 Å². The van der Waals surface area contributed by atoms with Crippen LogP contribution in [0.5, 0.6) is 17.4 Å². The number of hydrogen-bond acceptors (Lipinski definition) is 5. The predicted molar refractivity (Wildman–Crippen MR) is 141 cm³/mol. The topological polar surface area (TPSA) is 72.4 Å². The maximum absolute atomic E-state index is 12.6. The Morgan fingerprint density at radius 1 is 1.11 bits per heavy atom. The van der Waals surface area contributed by atoms with Crippen molar-refractivity contribution in [2.75, 3.05) is 26.7 Å². The largest absolute Gasteiger partial charge is 0.496 e. The van der Waals surface area contributed by atoms with E-state index in [0.29, 0.717) is 5.88 Å². The molecule has 184 valence electrons. The molecule has 1 saturated heterocycles. The Morgan fingerprint density at radius 3 is 2.83 bits per heavy atom. The number of aromatic amines is 1. The van der Waals surface area contributed by atoms with Crippen molar-refractivity contribution in [3.05, 3.63) is 88.5 Å². The number of imidazole rings is 1. The number of benzene rings is 2. The molecule has 4 aromatic rings. The molecule has 7 nitrogen and oxygen atoms in total. The highest BCUT2D eigenvalue weighted by Gasteiger charge is 2.24. The zero-order chi connectivity index (χ0) is 24.5. The van der Waals surface area contributed by atoms with Crippen LogP contribution in [0.3, 0.4) is 0 Å². The third kappa shape index (κ3) is 4.20. The zero-order valence-corrected chi connectivity index (χ0v) is 20.4. The molecule has 2 aliphatic heterocycles. The summed E-state index contributed by atoms with van der Waals surface area (Å²) in [5, 5.41) is 0. The fourth-order valence-electron chi connectivity index (χ4n) is 5.55. The van der Waals surface area contributed by atoms with Crippen molar-refractivity contribution in [3.63, 3.8) is 0 Å². The molecule has 0 radical (unpaired) electrons. The second kappa shape index (κ2) is 9.66. The Hall–Kier alpha value is -3.84. The summed E-state index contributed by atoms with van der Waals surface area (Å²) in [5.41, 5.74) is 5.21. The van der Waals surface area contributed by atoms with Crippen LogP contribution < -0.4 is 15.2 Å². The van der Waals surface area contributed by atoms with Gasteiger partial charge >= 0.3 is 5.69 Å². The van der Waals surface area contributed by atoms with Gasteiger partial charge in [-0.3, -0.25) is 4.57 Å². The fraction of sp³-hybridized carbons (Fsp3) is 0.310. The molecule has 6 rings (SSSR count). The van der Waals surface area contributed by atoms with Gasteiger partial charge in [0.15, 0.2) is 0 Å². The highest BCUT2D eigenvalue weighted by Crippen LogP contribution is 2.41. The van der Waals surface area contributed by atoms with Crippen LogP contribution in [-0.4, -0.2) is 46.2 Å². The molecule has 0 saturated carbocycles. The van der Waals surface area contributed by atoms with Gasteiger partial charge in [-0.15, -0.1) is 0 Å². The molecule has 0 bridgehead atoms. The molecule has 0 aliphatic carbocycles. The maximum atomic E-state index is 12.6. The molecule has 4 heterocycles. The molecular weight excluding hydrogens is 452 g/mol. The number of aromatic nitrogens is 3. The van der Waals surface area contributed by atoms with Crippen LogP contribution >= 0.6 is 0 Å². The van der Waals surface area contributed by atoms with Crippen LogP contribution in [0.1, 0.15) is 36.4 Å². The van der Waals surface area contributed by atoms with Crippen LogP contribution in [0.15, 0.2) is 71.7 Å². The molecule has 0 spiro atoms. The maximum Gasteiger partial charge on any atom is 0.326 e. The number of likely N-dealkylation sites (tertiary alicyclic amines) is 1. The molecule has 1 fully saturated rings. The van der Waals surface area contributed by atoms with E-state index in [1.165, 1.54) is 5.57 Å². The van der Waals surface area contributed by atoms with Crippen LogP contribution in [0.25, 0.3) is 16.6 Å². The summed E-state index contributed by atoms with van der Waals surface area (Å²) in [7, 11) is 1.70. The molecule has 36 heavy (non-hydrogen) atoms. The lowest BCUT2D eigenvalue weighted by molar-refractivity contribution is 0.189. The third-order valence-electron chi connectivity index (χ3n) is 7.38. The zero-order valence-electron chi connectivity index (χ0n) is 20.4.